The number of benzene rings is 2. The molecular weight excluding hydrogens is 356 g/mol. The van der Waals surface area contributed by atoms with E-state index in [1.807, 2.05) is 37.3 Å². The van der Waals surface area contributed by atoms with Crippen molar-refractivity contribution in [2.75, 3.05) is 12.4 Å². The standard InChI is InChI=1S/C18H15BrN2O2/c1-12-9-13(3-8-17(12)23-2)10-14(11-20)18(22)21-16-6-4-15(19)5-7-16/h3-10H,1-2H3,(H,21,22)/b14-10-. The summed E-state index contributed by atoms with van der Waals surface area (Å²) in [5.74, 6) is 0.322. The van der Waals surface area contributed by atoms with Crippen molar-refractivity contribution in [2.45, 2.75) is 6.92 Å². The van der Waals surface area contributed by atoms with E-state index in [1.54, 1.807) is 31.4 Å². The van der Waals surface area contributed by atoms with E-state index in [-0.39, 0.29) is 5.57 Å². The molecule has 0 unspecified atom stereocenters. The third kappa shape index (κ3) is 4.44. The van der Waals surface area contributed by atoms with Crippen LogP contribution in [0.5, 0.6) is 5.75 Å². The van der Waals surface area contributed by atoms with Crippen LogP contribution >= 0.6 is 15.9 Å². The maximum Gasteiger partial charge on any atom is 0.266 e. The number of nitrogens with zero attached hydrogens (tertiary/aromatic N) is 1. The number of hydrogen-bond acceptors (Lipinski definition) is 3. The van der Waals surface area contributed by atoms with E-state index in [9.17, 15) is 10.1 Å². The molecule has 1 amide bonds. The van der Waals surface area contributed by atoms with Crippen LogP contribution in [0.25, 0.3) is 6.08 Å². The number of ether oxygens (including phenoxy) is 1. The fraction of sp³-hybridized carbons (Fsp3) is 0.111. The Morgan fingerprint density at radius 1 is 1.26 bits per heavy atom. The van der Waals surface area contributed by atoms with Gasteiger partial charge in [-0.3, -0.25) is 4.79 Å². The Kier molecular flexibility index (Phi) is 5.56. The highest BCUT2D eigenvalue weighted by atomic mass is 79.9. The van der Waals surface area contributed by atoms with Crippen molar-refractivity contribution in [1.29, 1.82) is 5.26 Å². The summed E-state index contributed by atoms with van der Waals surface area (Å²) in [5, 5.41) is 11.9. The minimum Gasteiger partial charge on any atom is -0.496 e. The van der Waals surface area contributed by atoms with Gasteiger partial charge in [-0.2, -0.15) is 5.26 Å². The number of methoxy groups -OCH3 is 1. The van der Waals surface area contributed by atoms with Crippen molar-refractivity contribution < 1.29 is 9.53 Å². The summed E-state index contributed by atoms with van der Waals surface area (Å²) in [6.07, 6.45) is 1.56. The molecule has 0 spiro atoms. The predicted molar refractivity (Wildman–Crippen MR) is 94.1 cm³/mol. The number of nitrogens with one attached hydrogen (secondary N) is 1. The first-order valence-electron chi connectivity index (χ1n) is 6.87. The van der Waals surface area contributed by atoms with Crippen LogP contribution in [0.4, 0.5) is 5.69 Å². The van der Waals surface area contributed by atoms with Crippen molar-refractivity contribution in [2.24, 2.45) is 0 Å². The average Bonchev–Trinajstić information content (AvgIpc) is 2.54. The molecule has 0 aliphatic carbocycles. The monoisotopic (exact) mass is 370 g/mol. The van der Waals surface area contributed by atoms with Crippen LogP contribution in [-0.2, 0) is 4.79 Å². The maximum absolute atomic E-state index is 12.2. The highest BCUT2D eigenvalue weighted by molar-refractivity contribution is 9.10. The molecule has 0 atom stereocenters. The molecule has 0 aliphatic heterocycles. The number of carbonyl (C=O) groups excluding carboxylic acids is 1. The lowest BCUT2D eigenvalue weighted by atomic mass is 10.1. The van der Waals surface area contributed by atoms with Gasteiger partial charge in [-0.05, 0) is 60.5 Å². The van der Waals surface area contributed by atoms with Crippen LogP contribution < -0.4 is 10.1 Å². The van der Waals surface area contributed by atoms with Crippen LogP contribution in [0, 0.1) is 18.3 Å². The first-order valence-corrected chi connectivity index (χ1v) is 7.66. The molecule has 2 aromatic rings. The number of halogens is 1. The lowest BCUT2D eigenvalue weighted by Gasteiger charge is -2.06. The summed E-state index contributed by atoms with van der Waals surface area (Å²) in [6, 6.07) is 14.6. The average molecular weight is 371 g/mol. The summed E-state index contributed by atoms with van der Waals surface area (Å²) in [4.78, 5) is 12.2. The van der Waals surface area contributed by atoms with Gasteiger partial charge in [-0.1, -0.05) is 22.0 Å². The highest BCUT2D eigenvalue weighted by Gasteiger charge is 2.10. The first-order chi connectivity index (χ1) is 11.0. The van der Waals surface area contributed by atoms with Crippen molar-refractivity contribution in [3.63, 3.8) is 0 Å². The topological polar surface area (TPSA) is 62.1 Å². The molecule has 23 heavy (non-hydrogen) atoms. The lowest BCUT2D eigenvalue weighted by molar-refractivity contribution is -0.112. The van der Waals surface area contributed by atoms with Crippen LogP contribution in [-0.4, -0.2) is 13.0 Å². The third-order valence-corrected chi connectivity index (χ3v) is 3.73. The van der Waals surface area contributed by atoms with E-state index < -0.39 is 5.91 Å². The molecule has 0 heterocycles. The van der Waals surface area contributed by atoms with Gasteiger partial charge < -0.3 is 10.1 Å². The molecule has 0 saturated carbocycles. The Labute approximate surface area is 143 Å². The van der Waals surface area contributed by atoms with Gasteiger partial charge in [0.25, 0.3) is 5.91 Å². The smallest absolute Gasteiger partial charge is 0.266 e. The molecule has 4 nitrogen and oxygen atoms in total. The lowest BCUT2D eigenvalue weighted by Crippen LogP contribution is -2.13. The zero-order valence-corrected chi connectivity index (χ0v) is 14.3. The molecular formula is C18H15BrN2O2. The second kappa shape index (κ2) is 7.61. The van der Waals surface area contributed by atoms with Gasteiger partial charge >= 0.3 is 0 Å². The Balaban J connectivity index is 2.21. The van der Waals surface area contributed by atoms with E-state index in [0.29, 0.717) is 5.69 Å². The number of rotatable bonds is 4. The number of hydrogen-bond donors (Lipinski definition) is 1. The van der Waals surface area contributed by atoms with Gasteiger partial charge in [0.05, 0.1) is 7.11 Å². The number of nitriles is 1. The normalized spacial score (nSPS) is 10.8. The Hall–Kier alpha value is -2.58. The highest BCUT2D eigenvalue weighted by Crippen LogP contribution is 2.20. The van der Waals surface area contributed by atoms with Gasteiger partial charge in [0, 0.05) is 10.2 Å². The molecule has 0 aliphatic rings. The van der Waals surface area contributed by atoms with E-state index in [1.165, 1.54) is 0 Å². The SMILES string of the molecule is COc1ccc(/C=C(/C#N)C(=O)Nc2ccc(Br)cc2)cc1C. The largest absolute Gasteiger partial charge is 0.496 e. The van der Waals surface area contributed by atoms with Crippen molar-refractivity contribution >= 4 is 33.6 Å². The minimum atomic E-state index is -0.441. The van der Waals surface area contributed by atoms with Gasteiger partial charge in [0.15, 0.2) is 0 Å². The zero-order valence-electron chi connectivity index (χ0n) is 12.8. The van der Waals surface area contributed by atoms with Crippen molar-refractivity contribution in [3.8, 4) is 11.8 Å². The molecule has 0 fully saturated rings. The Bertz CT molecular complexity index is 790. The van der Waals surface area contributed by atoms with Crippen LogP contribution in [0.3, 0.4) is 0 Å². The number of anilines is 1. The van der Waals surface area contributed by atoms with Gasteiger partial charge in [0.2, 0.25) is 0 Å². The molecule has 116 valence electrons. The Morgan fingerprint density at radius 3 is 2.52 bits per heavy atom. The summed E-state index contributed by atoms with van der Waals surface area (Å²) >= 11 is 3.33. The van der Waals surface area contributed by atoms with E-state index in [4.69, 9.17) is 4.74 Å². The number of aryl methyl sites for hydroxylation is 1. The van der Waals surface area contributed by atoms with Gasteiger partial charge in [-0.25, -0.2) is 0 Å². The summed E-state index contributed by atoms with van der Waals surface area (Å²) in [7, 11) is 1.60. The molecule has 0 radical (unpaired) electrons. The number of carbonyl (C=O) groups is 1. The third-order valence-electron chi connectivity index (χ3n) is 3.20. The van der Waals surface area contributed by atoms with E-state index in [0.717, 1.165) is 21.3 Å². The molecule has 2 rings (SSSR count). The van der Waals surface area contributed by atoms with Gasteiger partial charge in [-0.15, -0.1) is 0 Å². The van der Waals surface area contributed by atoms with Gasteiger partial charge in [0.1, 0.15) is 17.4 Å². The van der Waals surface area contributed by atoms with Crippen molar-refractivity contribution in [3.05, 3.63) is 63.6 Å². The summed E-state index contributed by atoms with van der Waals surface area (Å²) in [5.41, 5.74) is 2.38. The minimum absolute atomic E-state index is 0.0393. The van der Waals surface area contributed by atoms with Crippen LogP contribution in [0.2, 0.25) is 0 Å². The maximum atomic E-state index is 12.2. The van der Waals surface area contributed by atoms with E-state index in [2.05, 4.69) is 21.2 Å². The zero-order chi connectivity index (χ0) is 16.8. The second-order valence-electron chi connectivity index (χ2n) is 4.86. The first kappa shape index (κ1) is 16.8. The number of amides is 1. The molecule has 1 N–H and O–H groups in total. The molecule has 0 aromatic heterocycles. The summed E-state index contributed by atoms with van der Waals surface area (Å²) in [6.45, 7) is 1.91. The molecule has 0 saturated heterocycles. The van der Waals surface area contributed by atoms with Crippen LogP contribution in [0.15, 0.2) is 52.5 Å². The quantitative estimate of drug-likeness (QED) is 0.644. The fourth-order valence-electron chi connectivity index (χ4n) is 2.04. The molecule has 2 aromatic carbocycles. The Morgan fingerprint density at radius 2 is 1.96 bits per heavy atom. The second-order valence-corrected chi connectivity index (χ2v) is 5.78. The van der Waals surface area contributed by atoms with Crippen LogP contribution in [0.1, 0.15) is 11.1 Å². The van der Waals surface area contributed by atoms with Crippen molar-refractivity contribution in [1.82, 2.24) is 0 Å². The van der Waals surface area contributed by atoms with E-state index >= 15 is 0 Å². The summed E-state index contributed by atoms with van der Waals surface area (Å²) < 4.78 is 6.12. The molecule has 5 heteroatoms. The fourth-order valence-corrected chi connectivity index (χ4v) is 2.30. The molecule has 0 bridgehead atoms. The predicted octanol–water partition coefficient (Wildman–Crippen LogP) is 4.31.